The first-order valence-corrected chi connectivity index (χ1v) is 7.60. The molecule has 1 atom stereocenters. The fourth-order valence-electron chi connectivity index (χ4n) is 2.11. The number of unbranched alkanes of at least 4 members (excludes halogenated alkanes) is 6. The third-order valence-corrected chi connectivity index (χ3v) is 3.19. The summed E-state index contributed by atoms with van der Waals surface area (Å²) in [7, 11) is 0. The minimum atomic E-state index is -1.94. The number of carbonyl (C=O) groups excluding carboxylic acids is 1. The van der Waals surface area contributed by atoms with Crippen molar-refractivity contribution in [2.75, 3.05) is 6.61 Å². The molecule has 0 rings (SSSR count). The minimum absolute atomic E-state index is 0.221. The molecule has 0 aliphatic heterocycles. The Bertz CT molecular complexity index is 263. The van der Waals surface area contributed by atoms with Crippen molar-refractivity contribution < 1.29 is 13.9 Å². The Hall–Kier alpha value is -0.860. The van der Waals surface area contributed by atoms with E-state index in [9.17, 15) is 9.18 Å². The number of esters is 1. The van der Waals surface area contributed by atoms with Crippen LogP contribution in [-0.4, -0.2) is 18.2 Å². The van der Waals surface area contributed by atoms with Gasteiger partial charge in [-0.3, -0.25) is 0 Å². The molecule has 3 heteroatoms. The van der Waals surface area contributed by atoms with Gasteiger partial charge in [-0.2, -0.15) is 0 Å². The second kappa shape index (κ2) is 11.0. The van der Waals surface area contributed by atoms with Crippen molar-refractivity contribution in [1.29, 1.82) is 0 Å². The largest absolute Gasteiger partial charge is 0.463 e. The average molecular weight is 272 g/mol. The van der Waals surface area contributed by atoms with Crippen LogP contribution in [-0.2, 0) is 9.53 Å². The zero-order valence-electron chi connectivity index (χ0n) is 12.7. The van der Waals surface area contributed by atoms with Crippen LogP contribution in [0.15, 0.2) is 12.2 Å². The first-order chi connectivity index (χ1) is 9.10. The van der Waals surface area contributed by atoms with Gasteiger partial charge in [0.2, 0.25) is 5.67 Å². The van der Waals surface area contributed by atoms with Gasteiger partial charge < -0.3 is 4.74 Å². The van der Waals surface area contributed by atoms with Gasteiger partial charge in [-0.15, -0.1) is 0 Å². The maximum atomic E-state index is 14.4. The van der Waals surface area contributed by atoms with Crippen LogP contribution in [0.3, 0.4) is 0 Å². The predicted molar refractivity (Wildman–Crippen MR) is 77.9 cm³/mol. The van der Waals surface area contributed by atoms with E-state index in [0.29, 0.717) is 0 Å². The maximum Gasteiger partial charge on any atom is 0.347 e. The topological polar surface area (TPSA) is 26.3 Å². The summed E-state index contributed by atoms with van der Waals surface area (Å²) in [5.74, 6) is -0.751. The third-order valence-electron chi connectivity index (χ3n) is 3.19. The molecule has 2 nitrogen and oxygen atoms in total. The Morgan fingerprint density at radius 3 is 2.21 bits per heavy atom. The van der Waals surface area contributed by atoms with Crippen LogP contribution in [0.2, 0.25) is 0 Å². The summed E-state index contributed by atoms with van der Waals surface area (Å²) in [6, 6.07) is 0. The highest BCUT2D eigenvalue weighted by atomic mass is 19.1. The number of ether oxygens (including phenoxy) is 1. The Morgan fingerprint density at radius 1 is 1.11 bits per heavy atom. The molecule has 0 amide bonds. The zero-order valence-corrected chi connectivity index (χ0v) is 12.7. The summed E-state index contributed by atoms with van der Waals surface area (Å²) in [5.41, 5.74) is -1.94. The highest BCUT2D eigenvalue weighted by Gasteiger charge is 2.36. The van der Waals surface area contributed by atoms with Gasteiger partial charge in [0, 0.05) is 0 Å². The second-order valence-corrected chi connectivity index (χ2v) is 4.95. The van der Waals surface area contributed by atoms with Gasteiger partial charge >= 0.3 is 5.97 Å². The lowest BCUT2D eigenvalue weighted by Gasteiger charge is -2.19. The molecule has 0 heterocycles. The van der Waals surface area contributed by atoms with E-state index in [1.54, 1.807) is 19.9 Å². The number of halogens is 1. The smallest absolute Gasteiger partial charge is 0.347 e. The van der Waals surface area contributed by atoms with E-state index in [4.69, 9.17) is 4.74 Å². The van der Waals surface area contributed by atoms with Crippen LogP contribution in [0.5, 0.6) is 0 Å². The van der Waals surface area contributed by atoms with Gasteiger partial charge in [0.05, 0.1) is 6.61 Å². The summed E-state index contributed by atoms with van der Waals surface area (Å²) >= 11 is 0. The Morgan fingerprint density at radius 2 is 1.68 bits per heavy atom. The SMILES string of the molecule is C/C=C/[C@](F)(CCCCCCCCC)C(=O)OCC. The van der Waals surface area contributed by atoms with Crippen molar-refractivity contribution in [1.82, 2.24) is 0 Å². The second-order valence-electron chi connectivity index (χ2n) is 4.95. The molecule has 19 heavy (non-hydrogen) atoms. The van der Waals surface area contributed by atoms with Crippen LogP contribution < -0.4 is 0 Å². The van der Waals surface area contributed by atoms with Crippen LogP contribution in [0.25, 0.3) is 0 Å². The van der Waals surface area contributed by atoms with Gasteiger partial charge in [-0.05, 0) is 32.8 Å². The molecule has 0 N–H and O–H groups in total. The monoisotopic (exact) mass is 272 g/mol. The standard InChI is InChI=1S/C16H29FO2/c1-4-7-8-9-10-11-12-14-16(17,13-5-2)15(18)19-6-3/h5,13H,4,6-12,14H2,1-3H3/b13-5+/t16-/m0/s1. The van der Waals surface area contributed by atoms with Crippen molar-refractivity contribution in [3.8, 4) is 0 Å². The van der Waals surface area contributed by atoms with E-state index in [1.807, 2.05) is 0 Å². The summed E-state index contributed by atoms with van der Waals surface area (Å²) in [5, 5.41) is 0. The predicted octanol–water partition coefficient (Wildman–Crippen LogP) is 4.97. The van der Waals surface area contributed by atoms with Crippen molar-refractivity contribution >= 4 is 5.97 Å². The first-order valence-electron chi connectivity index (χ1n) is 7.60. The Balaban J connectivity index is 3.98. The number of alkyl halides is 1. The van der Waals surface area contributed by atoms with Crippen molar-refractivity contribution in [2.24, 2.45) is 0 Å². The lowest BCUT2D eigenvalue weighted by atomic mass is 9.96. The van der Waals surface area contributed by atoms with Crippen LogP contribution in [0, 0.1) is 0 Å². The number of carbonyl (C=O) groups is 1. The minimum Gasteiger partial charge on any atom is -0.463 e. The van der Waals surface area contributed by atoms with E-state index in [2.05, 4.69) is 6.92 Å². The van der Waals surface area contributed by atoms with E-state index in [-0.39, 0.29) is 13.0 Å². The molecular weight excluding hydrogens is 243 g/mol. The van der Waals surface area contributed by atoms with Crippen molar-refractivity contribution in [2.45, 2.75) is 77.8 Å². The average Bonchev–Trinajstić information content (AvgIpc) is 2.38. The molecule has 0 radical (unpaired) electrons. The Labute approximate surface area is 117 Å². The molecule has 0 saturated carbocycles. The van der Waals surface area contributed by atoms with Crippen molar-refractivity contribution in [3.63, 3.8) is 0 Å². The van der Waals surface area contributed by atoms with Crippen LogP contribution in [0.1, 0.15) is 72.1 Å². The summed E-state index contributed by atoms with van der Waals surface area (Å²) in [6.45, 7) is 5.83. The first kappa shape index (κ1) is 18.1. The van der Waals surface area contributed by atoms with E-state index in [1.165, 1.54) is 31.8 Å². The fraction of sp³-hybridized carbons (Fsp3) is 0.812. The van der Waals surface area contributed by atoms with Crippen LogP contribution in [0.4, 0.5) is 4.39 Å². The zero-order chi connectivity index (χ0) is 14.6. The summed E-state index contributed by atoms with van der Waals surface area (Å²) in [6.07, 6.45) is 10.9. The van der Waals surface area contributed by atoms with E-state index in [0.717, 1.165) is 19.3 Å². The molecule has 0 bridgehead atoms. The highest BCUT2D eigenvalue weighted by Crippen LogP contribution is 2.24. The summed E-state index contributed by atoms with van der Waals surface area (Å²) < 4.78 is 19.2. The molecule has 0 aromatic carbocycles. The van der Waals surface area contributed by atoms with Crippen LogP contribution >= 0.6 is 0 Å². The maximum absolute atomic E-state index is 14.4. The van der Waals surface area contributed by atoms with Crippen molar-refractivity contribution in [3.05, 3.63) is 12.2 Å². The molecule has 0 saturated heterocycles. The van der Waals surface area contributed by atoms with Gasteiger partial charge in [-0.1, -0.05) is 51.5 Å². The number of allylic oxidation sites excluding steroid dienone is 1. The number of rotatable bonds is 11. The molecule has 0 aliphatic carbocycles. The lowest BCUT2D eigenvalue weighted by Crippen LogP contribution is -2.33. The molecule has 0 aromatic rings. The molecule has 0 fully saturated rings. The molecule has 0 unspecified atom stereocenters. The molecule has 0 aromatic heterocycles. The quantitative estimate of drug-likeness (QED) is 0.301. The normalized spacial score (nSPS) is 14.5. The fourth-order valence-corrected chi connectivity index (χ4v) is 2.11. The highest BCUT2D eigenvalue weighted by molar-refractivity contribution is 5.81. The lowest BCUT2D eigenvalue weighted by molar-refractivity contribution is -0.154. The van der Waals surface area contributed by atoms with Gasteiger partial charge in [0.25, 0.3) is 0 Å². The molecule has 0 aliphatic rings. The van der Waals surface area contributed by atoms with E-state index < -0.39 is 11.6 Å². The Kier molecular flexibility index (Phi) is 10.5. The summed E-state index contributed by atoms with van der Waals surface area (Å²) in [4.78, 5) is 11.6. The third kappa shape index (κ3) is 8.02. The van der Waals surface area contributed by atoms with Gasteiger partial charge in [0.15, 0.2) is 0 Å². The molecule has 0 spiro atoms. The number of hydrogen-bond donors (Lipinski definition) is 0. The molecule has 112 valence electrons. The van der Waals surface area contributed by atoms with Gasteiger partial charge in [-0.25, -0.2) is 9.18 Å². The number of hydrogen-bond acceptors (Lipinski definition) is 2. The molecular formula is C16H29FO2. The van der Waals surface area contributed by atoms with Gasteiger partial charge in [0.1, 0.15) is 0 Å². The van der Waals surface area contributed by atoms with E-state index >= 15 is 0 Å².